The molecule has 0 fully saturated rings. The fourth-order valence-corrected chi connectivity index (χ4v) is 1.80. The molecule has 1 unspecified atom stereocenters. The standard InChI is InChI=1S/C10H8BrF3O/c1-2-8(15)9-6(10(12,13)14)4-3-5-7(9)11/h2-5,8,15H,1H2. The molecule has 82 valence electrons. The highest BCUT2D eigenvalue weighted by molar-refractivity contribution is 9.10. The van der Waals surface area contributed by atoms with Gasteiger partial charge in [-0.15, -0.1) is 6.58 Å². The minimum Gasteiger partial charge on any atom is -0.384 e. The van der Waals surface area contributed by atoms with Gasteiger partial charge in [-0.05, 0) is 12.1 Å². The maximum Gasteiger partial charge on any atom is 0.416 e. The molecule has 0 radical (unpaired) electrons. The quantitative estimate of drug-likeness (QED) is 0.820. The van der Waals surface area contributed by atoms with Crippen LogP contribution in [0.2, 0.25) is 0 Å². The summed E-state index contributed by atoms with van der Waals surface area (Å²) in [6.45, 7) is 3.26. The van der Waals surface area contributed by atoms with Crippen LogP contribution in [0, 0.1) is 0 Å². The number of hydrogen-bond donors (Lipinski definition) is 1. The van der Waals surface area contributed by atoms with Gasteiger partial charge in [0.2, 0.25) is 0 Å². The van der Waals surface area contributed by atoms with Gasteiger partial charge in [-0.3, -0.25) is 0 Å². The number of aliphatic hydroxyl groups is 1. The Bertz CT molecular complexity index is 373. The van der Waals surface area contributed by atoms with Crippen molar-refractivity contribution >= 4 is 15.9 Å². The predicted octanol–water partition coefficient (Wildman–Crippen LogP) is 3.69. The first-order chi connectivity index (χ1) is 6.88. The van der Waals surface area contributed by atoms with Crippen LogP contribution in [-0.4, -0.2) is 5.11 Å². The predicted molar refractivity (Wildman–Crippen MR) is 54.3 cm³/mol. The van der Waals surface area contributed by atoms with E-state index < -0.39 is 17.8 Å². The molecule has 0 saturated heterocycles. The van der Waals surface area contributed by atoms with Crippen LogP contribution in [0.1, 0.15) is 17.2 Å². The first-order valence-corrected chi connectivity index (χ1v) is 4.83. The van der Waals surface area contributed by atoms with Crippen LogP contribution >= 0.6 is 15.9 Å². The Morgan fingerprint density at radius 3 is 2.47 bits per heavy atom. The van der Waals surface area contributed by atoms with Gasteiger partial charge in [0, 0.05) is 10.0 Å². The SMILES string of the molecule is C=CC(O)c1c(Br)cccc1C(F)(F)F. The Labute approximate surface area is 93.4 Å². The molecule has 1 aromatic carbocycles. The molecule has 1 atom stereocenters. The average Bonchev–Trinajstić information content (AvgIpc) is 2.15. The largest absolute Gasteiger partial charge is 0.416 e. The Morgan fingerprint density at radius 2 is 2.00 bits per heavy atom. The molecule has 1 nitrogen and oxygen atoms in total. The van der Waals surface area contributed by atoms with E-state index in [1.807, 2.05) is 0 Å². The Hall–Kier alpha value is -0.810. The van der Waals surface area contributed by atoms with Gasteiger partial charge >= 0.3 is 6.18 Å². The minimum atomic E-state index is -4.48. The van der Waals surface area contributed by atoms with E-state index in [0.717, 1.165) is 12.1 Å². The van der Waals surface area contributed by atoms with Crippen LogP contribution in [0.15, 0.2) is 35.3 Å². The van der Waals surface area contributed by atoms with E-state index in [0.29, 0.717) is 0 Å². The lowest BCUT2D eigenvalue weighted by Crippen LogP contribution is -2.11. The second-order valence-corrected chi connectivity index (χ2v) is 3.73. The maximum absolute atomic E-state index is 12.6. The van der Waals surface area contributed by atoms with Gasteiger partial charge in [-0.1, -0.05) is 28.1 Å². The van der Waals surface area contributed by atoms with Crippen LogP contribution in [0.25, 0.3) is 0 Å². The lowest BCUT2D eigenvalue weighted by atomic mass is 10.0. The smallest absolute Gasteiger partial charge is 0.384 e. The van der Waals surface area contributed by atoms with Crippen LogP contribution in [0.5, 0.6) is 0 Å². The highest BCUT2D eigenvalue weighted by Gasteiger charge is 2.35. The third-order valence-electron chi connectivity index (χ3n) is 1.88. The number of benzene rings is 1. The molecule has 0 amide bonds. The van der Waals surface area contributed by atoms with Crippen molar-refractivity contribution in [2.24, 2.45) is 0 Å². The molecular weight excluding hydrogens is 273 g/mol. The summed E-state index contributed by atoms with van der Waals surface area (Å²) in [6, 6.07) is 3.64. The van der Waals surface area contributed by atoms with Crippen LogP contribution < -0.4 is 0 Å². The van der Waals surface area contributed by atoms with Crippen molar-refractivity contribution in [3.63, 3.8) is 0 Å². The van der Waals surface area contributed by atoms with E-state index in [9.17, 15) is 18.3 Å². The second kappa shape index (κ2) is 4.37. The van der Waals surface area contributed by atoms with Crippen LogP contribution in [0.3, 0.4) is 0 Å². The van der Waals surface area contributed by atoms with Crippen molar-refractivity contribution in [1.82, 2.24) is 0 Å². The van der Waals surface area contributed by atoms with Gasteiger partial charge < -0.3 is 5.11 Å². The van der Waals surface area contributed by atoms with Crippen molar-refractivity contribution in [1.29, 1.82) is 0 Å². The Kier molecular flexibility index (Phi) is 3.57. The van der Waals surface area contributed by atoms with E-state index in [2.05, 4.69) is 22.5 Å². The van der Waals surface area contributed by atoms with Gasteiger partial charge in [0.25, 0.3) is 0 Å². The highest BCUT2D eigenvalue weighted by Crippen LogP contribution is 2.38. The van der Waals surface area contributed by atoms with E-state index in [1.165, 1.54) is 12.1 Å². The van der Waals surface area contributed by atoms with Crippen molar-refractivity contribution in [2.45, 2.75) is 12.3 Å². The average molecular weight is 281 g/mol. The van der Waals surface area contributed by atoms with Gasteiger partial charge in [-0.25, -0.2) is 0 Å². The molecule has 1 N–H and O–H groups in total. The molecular formula is C10H8BrF3O. The van der Waals surface area contributed by atoms with Crippen molar-refractivity contribution in [3.8, 4) is 0 Å². The van der Waals surface area contributed by atoms with Crippen molar-refractivity contribution in [3.05, 3.63) is 46.5 Å². The normalized spacial score (nSPS) is 13.7. The summed E-state index contributed by atoms with van der Waals surface area (Å²) in [6.07, 6.45) is -4.77. The maximum atomic E-state index is 12.6. The molecule has 0 aliphatic rings. The molecule has 0 aromatic heterocycles. The number of aliphatic hydroxyl groups excluding tert-OH is 1. The van der Waals surface area contributed by atoms with Crippen molar-refractivity contribution < 1.29 is 18.3 Å². The number of alkyl halides is 3. The zero-order valence-corrected chi connectivity index (χ0v) is 9.14. The summed E-state index contributed by atoms with van der Waals surface area (Å²) in [5.74, 6) is 0. The molecule has 5 heteroatoms. The van der Waals surface area contributed by atoms with Gasteiger partial charge in [0.15, 0.2) is 0 Å². The lowest BCUT2D eigenvalue weighted by Gasteiger charge is -2.16. The molecule has 1 rings (SSSR count). The summed E-state index contributed by atoms with van der Waals surface area (Å²) in [4.78, 5) is 0. The molecule has 1 aromatic rings. The van der Waals surface area contributed by atoms with E-state index in [1.54, 1.807) is 0 Å². The van der Waals surface area contributed by atoms with E-state index in [4.69, 9.17) is 0 Å². The lowest BCUT2D eigenvalue weighted by molar-refractivity contribution is -0.139. The second-order valence-electron chi connectivity index (χ2n) is 2.88. The van der Waals surface area contributed by atoms with Gasteiger partial charge in [0.05, 0.1) is 11.7 Å². The minimum absolute atomic E-state index is 0.208. The van der Waals surface area contributed by atoms with Crippen LogP contribution in [-0.2, 0) is 6.18 Å². The third kappa shape index (κ3) is 2.60. The summed E-state index contributed by atoms with van der Waals surface area (Å²) in [5.41, 5.74) is -1.07. The zero-order chi connectivity index (χ0) is 11.6. The number of hydrogen-bond acceptors (Lipinski definition) is 1. The topological polar surface area (TPSA) is 20.2 Å². The number of halogens is 4. The van der Waals surface area contributed by atoms with Gasteiger partial charge in [-0.2, -0.15) is 13.2 Å². The highest BCUT2D eigenvalue weighted by atomic mass is 79.9. The van der Waals surface area contributed by atoms with E-state index >= 15 is 0 Å². The molecule has 0 aliphatic heterocycles. The molecule has 0 aliphatic carbocycles. The number of rotatable bonds is 2. The third-order valence-corrected chi connectivity index (χ3v) is 2.57. The molecule has 15 heavy (non-hydrogen) atoms. The fraction of sp³-hybridized carbons (Fsp3) is 0.200. The molecule has 0 spiro atoms. The zero-order valence-electron chi connectivity index (χ0n) is 7.55. The van der Waals surface area contributed by atoms with E-state index in [-0.39, 0.29) is 10.0 Å². The first-order valence-electron chi connectivity index (χ1n) is 4.04. The molecule has 0 bridgehead atoms. The molecule has 0 saturated carbocycles. The molecule has 0 heterocycles. The first kappa shape index (κ1) is 12.3. The van der Waals surface area contributed by atoms with Crippen molar-refractivity contribution in [2.75, 3.05) is 0 Å². The summed E-state index contributed by atoms with van der Waals surface area (Å²) in [7, 11) is 0. The fourth-order valence-electron chi connectivity index (χ4n) is 1.20. The summed E-state index contributed by atoms with van der Waals surface area (Å²) < 4.78 is 37.9. The Balaban J connectivity index is 3.39. The Morgan fingerprint density at radius 1 is 1.40 bits per heavy atom. The summed E-state index contributed by atoms with van der Waals surface area (Å²) in [5, 5.41) is 9.41. The summed E-state index contributed by atoms with van der Waals surface area (Å²) >= 11 is 2.97. The van der Waals surface area contributed by atoms with Crippen LogP contribution in [0.4, 0.5) is 13.2 Å². The monoisotopic (exact) mass is 280 g/mol. The van der Waals surface area contributed by atoms with Gasteiger partial charge in [0.1, 0.15) is 0 Å².